The van der Waals surface area contributed by atoms with E-state index >= 15 is 0 Å². The summed E-state index contributed by atoms with van der Waals surface area (Å²) in [6.07, 6.45) is 3.60. The fourth-order valence-corrected chi connectivity index (χ4v) is 3.76. The molecule has 0 atom stereocenters. The van der Waals surface area contributed by atoms with Gasteiger partial charge in [-0.1, -0.05) is 39.8 Å². The van der Waals surface area contributed by atoms with E-state index in [1.54, 1.807) is 6.20 Å². The molecule has 2 aromatic heterocycles. The third kappa shape index (κ3) is 4.42. The first-order valence-corrected chi connectivity index (χ1v) is 11.0. The minimum absolute atomic E-state index is 0.0367. The number of carbonyl (C=O) groups excluding carboxylic acids is 1. The molecule has 0 saturated heterocycles. The maximum atomic E-state index is 11.9. The minimum atomic E-state index is -0.0391. The molecule has 0 saturated carbocycles. The first-order valence-electron chi connectivity index (χ1n) is 11.0. The number of carbonyl (C=O) groups is 1. The zero-order valence-electron chi connectivity index (χ0n) is 19.3. The molecule has 0 unspecified atom stereocenters. The van der Waals surface area contributed by atoms with Crippen molar-refractivity contribution in [1.29, 1.82) is 0 Å². The number of nitrogens with one attached hydrogen (secondary N) is 3. The molecular weight excluding hydrogens is 400 g/mol. The summed E-state index contributed by atoms with van der Waals surface area (Å²) in [5, 5.41) is 9.68. The Hall–Kier alpha value is -3.48. The van der Waals surface area contributed by atoms with E-state index in [-0.39, 0.29) is 17.2 Å². The van der Waals surface area contributed by atoms with Crippen LogP contribution in [0.1, 0.15) is 44.4 Å². The van der Waals surface area contributed by atoms with Gasteiger partial charge in [-0.25, -0.2) is 15.0 Å². The van der Waals surface area contributed by atoms with Gasteiger partial charge in [-0.05, 0) is 36.2 Å². The van der Waals surface area contributed by atoms with Crippen molar-refractivity contribution in [3.05, 3.63) is 59.4 Å². The molecule has 3 N–H and O–H groups in total. The Balaban J connectivity index is 1.56. The lowest BCUT2D eigenvalue weighted by Crippen LogP contribution is -2.27. The molecule has 7 nitrogen and oxygen atoms in total. The van der Waals surface area contributed by atoms with Crippen molar-refractivity contribution in [3.63, 3.8) is 0 Å². The quantitative estimate of drug-likeness (QED) is 0.531. The molecule has 1 aliphatic rings. The largest absolute Gasteiger partial charge is 0.369 e. The molecule has 0 aliphatic carbocycles. The number of pyridine rings is 1. The molecule has 166 valence electrons. The molecule has 1 amide bonds. The molecule has 32 heavy (non-hydrogen) atoms. The number of hydrogen-bond donors (Lipinski definition) is 3. The van der Waals surface area contributed by atoms with Crippen molar-refractivity contribution in [2.24, 2.45) is 5.92 Å². The number of hydrogen-bond acceptors (Lipinski definition) is 6. The molecule has 4 rings (SSSR count). The van der Waals surface area contributed by atoms with Gasteiger partial charge in [0.15, 0.2) is 0 Å². The highest BCUT2D eigenvalue weighted by Gasteiger charge is 2.31. The van der Waals surface area contributed by atoms with Gasteiger partial charge in [0, 0.05) is 53.6 Å². The lowest BCUT2D eigenvalue weighted by Gasteiger charge is -2.17. The number of anilines is 3. The molecule has 7 heteroatoms. The monoisotopic (exact) mass is 430 g/mol. The molecule has 3 heterocycles. The van der Waals surface area contributed by atoms with Crippen LogP contribution in [0.4, 0.5) is 17.5 Å². The Morgan fingerprint density at radius 1 is 1.22 bits per heavy atom. The fourth-order valence-electron chi connectivity index (χ4n) is 3.76. The smallest absolute Gasteiger partial charge is 0.227 e. The van der Waals surface area contributed by atoms with Gasteiger partial charge in [-0.3, -0.25) is 4.79 Å². The number of benzene rings is 1. The van der Waals surface area contributed by atoms with E-state index in [4.69, 9.17) is 4.98 Å². The van der Waals surface area contributed by atoms with Crippen molar-refractivity contribution in [1.82, 2.24) is 20.3 Å². The SMILES string of the molecule is Cc1c(CNC(=O)C(C)C)cccc1Nc1nccc(-c2cnc3c(c2)C(C)(C)CN3)n1. The van der Waals surface area contributed by atoms with Gasteiger partial charge in [0.25, 0.3) is 0 Å². The first kappa shape index (κ1) is 21.7. The van der Waals surface area contributed by atoms with Gasteiger partial charge < -0.3 is 16.0 Å². The van der Waals surface area contributed by atoms with Crippen LogP contribution in [-0.2, 0) is 16.8 Å². The first-order chi connectivity index (χ1) is 15.2. The minimum Gasteiger partial charge on any atom is -0.369 e. The van der Waals surface area contributed by atoms with E-state index in [2.05, 4.69) is 45.8 Å². The Morgan fingerprint density at radius 2 is 2.03 bits per heavy atom. The van der Waals surface area contributed by atoms with Gasteiger partial charge in [0.1, 0.15) is 5.82 Å². The van der Waals surface area contributed by atoms with Crippen LogP contribution in [-0.4, -0.2) is 27.4 Å². The van der Waals surface area contributed by atoms with Crippen molar-refractivity contribution >= 4 is 23.4 Å². The number of rotatable bonds is 6. The van der Waals surface area contributed by atoms with E-state index in [1.807, 2.05) is 51.2 Å². The highest BCUT2D eigenvalue weighted by Crippen LogP contribution is 2.36. The highest BCUT2D eigenvalue weighted by molar-refractivity contribution is 5.78. The van der Waals surface area contributed by atoms with Crippen LogP contribution in [0.5, 0.6) is 0 Å². The summed E-state index contributed by atoms with van der Waals surface area (Å²) in [5.41, 5.74) is 6.04. The van der Waals surface area contributed by atoms with E-state index in [1.165, 1.54) is 5.56 Å². The molecule has 0 spiro atoms. The van der Waals surface area contributed by atoms with Crippen molar-refractivity contribution < 1.29 is 4.79 Å². The zero-order chi connectivity index (χ0) is 22.9. The predicted molar refractivity (Wildman–Crippen MR) is 128 cm³/mol. The van der Waals surface area contributed by atoms with Crippen molar-refractivity contribution in [3.8, 4) is 11.3 Å². The molecular formula is C25H30N6O. The lowest BCUT2D eigenvalue weighted by molar-refractivity contribution is -0.124. The molecule has 1 aromatic carbocycles. The third-order valence-electron chi connectivity index (χ3n) is 5.94. The zero-order valence-corrected chi connectivity index (χ0v) is 19.3. The van der Waals surface area contributed by atoms with Crippen LogP contribution in [0.2, 0.25) is 0 Å². The lowest BCUT2D eigenvalue weighted by atomic mass is 9.87. The summed E-state index contributed by atoms with van der Waals surface area (Å²) in [5.74, 6) is 1.47. The van der Waals surface area contributed by atoms with Crippen LogP contribution in [0.25, 0.3) is 11.3 Å². The summed E-state index contributed by atoms with van der Waals surface area (Å²) in [7, 11) is 0. The Kier molecular flexibility index (Phi) is 5.82. The Labute approximate surface area is 189 Å². The number of aromatic nitrogens is 3. The molecule has 0 radical (unpaired) electrons. The van der Waals surface area contributed by atoms with Crippen LogP contribution < -0.4 is 16.0 Å². The number of nitrogens with zero attached hydrogens (tertiary/aromatic N) is 3. The summed E-state index contributed by atoms with van der Waals surface area (Å²) in [6.45, 7) is 11.6. The second-order valence-corrected chi connectivity index (χ2v) is 9.21. The summed E-state index contributed by atoms with van der Waals surface area (Å²) in [6, 6.07) is 10.0. The van der Waals surface area contributed by atoms with Gasteiger partial charge in [0.2, 0.25) is 11.9 Å². The van der Waals surface area contributed by atoms with Crippen LogP contribution >= 0.6 is 0 Å². The second kappa shape index (κ2) is 8.57. The van der Waals surface area contributed by atoms with E-state index < -0.39 is 0 Å². The normalized spacial score (nSPS) is 14.1. The van der Waals surface area contributed by atoms with Crippen LogP contribution in [0, 0.1) is 12.8 Å². The van der Waals surface area contributed by atoms with Crippen LogP contribution in [0.3, 0.4) is 0 Å². The van der Waals surface area contributed by atoms with E-state index in [0.717, 1.165) is 40.4 Å². The fraction of sp³-hybridized carbons (Fsp3) is 0.360. The van der Waals surface area contributed by atoms with Gasteiger partial charge in [-0.2, -0.15) is 0 Å². The van der Waals surface area contributed by atoms with Crippen LogP contribution in [0.15, 0.2) is 42.7 Å². The van der Waals surface area contributed by atoms with Gasteiger partial charge in [-0.15, -0.1) is 0 Å². The van der Waals surface area contributed by atoms with E-state index in [9.17, 15) is 4.79 Å². The predicted octanol–water partition coefficient (Wildman–Crippen LogP) is 4.57. The topological polar surface area (TPSA) is 91.8 Å². The average molecular weight is 431 g/mol. The maximum absolute atomic E-state index is 11.9. The summed E-state index contributed by atoms with van der Waals surface area (Å²) in [4.78, 5) is 25.7. The highest BCUT2D eigenvalue weighted by atomic mass is 16.1. The second-order valence-electron chi connectivity index (χ2n) is 9.21. The van der Waals surface area contributed by atoms with E-state index in [0.29, 0.717) is 12.5 Å². The molecule has 0 bridgehead atoms. The number of amides is 1. The van der Waals surface area contributed by atoms with Gasteiger partial charge >= 0.3 is 0 Å². The summed E-state index contributed by atoms with van der Waals surface area (Å²) >= 11 is 0. The van der Waals surface area contributed by atoms with Crippen molar-refractivity contribution in [2.75, 3.05) is 17.2 Å². The standard InChI is InChI=1S/C25H30N6O/c1-15(2)23(32)28-12-17-7-6-8-20(16(17)3)30-24-26-10-9-21(31-24)18-11-19-22(27-13-18)29-14-25(19,4)5/h6-11,13,15H,12,14H2,1-5H3,(H,27,29)(H,28,32)(H,26,30,31). The summed E-state index contributed by atoms with van der Waals surface area (Å²) < 4.78 is 0. The third-order valence-corrected chi connectivity index (χ3v) is 5.94. The Bertz CT molecular complexity index is 1150. The average Bonchev–Trinajstić information content (AvgIpc) is 3.08. The molecule has 1 aliphatic heterocycles. The Morgan fingerprint density at radius 3 is 2.81 bits per heavy atom. The molecule has 3 aromatic rings. The molecule has 0 fully saturated rings. The number of fused-ring (bicyclic) bond motifs is 1. The van der Waals surface area contributed by atoms with Gasteiger partial charge in [0.05, 0.1) is 5.69 Å². The van der Waals surface area contributed by atoms with Crippen molar-refractivity contribution in [2.45, 2.75) is 46.6 Å². The maximum Gasteiger partial charge on any atom is 0.227 e.